The van der Waals surface area contributed by atoms with E-state index in [4.69, 9.17) is 11.6 Å². The number of imidazole rings is 1. The first-order chi connectivity index (χ1) is 15.6. The number of phenols is 1. The van der Waals surface area contributed by atoms with Gasteiger partial charge in [-0.3, -0.25) is 4.79 Å². The predicted octanol–water partition coefficient (Wildman–Crippen LogP) is 4.36. The van der Waals surface area contributed by atoms with Crippen molar-refractivity contribution < 1.29 is 56.3 Å². The van der Waals surface area contributed by atoms with E-state index < -0.39 is 0 Å². The molecule has 1 amide bonds. The van der Waals surface area contributed by atoms with Gasteiger partial charge >= 0.3 is 0 Å². The molecular weight excluding hydrogens is 557 g/mol. The quantitative estimate of drug-likeness (QED) is 0.359. The third-order valence-electron chi connectivity index (χ3n) is 5.45. The summed E-state index contributed by atoms with van der Waals surface area (Å²) in [6, 6.07) is 12.0. The number of aliphatic hydroxyl groups excluding tert-OH is 1. The number of hydrogen-bond donors (Lipinski definition) is 3. The third kappa shape index (κ3) is 6.88. The fourth-order valence-corrected chi connectivity index (χ4v) is 3.80. The standard InChI is InChI=1S/C26H30N4O3.Pr/c1-26(2,3)25-29-22(16-30(25)5)18-8-6-17(7-9-18)14-20(12-13-31)28-24(33)19-10-11-23(32)21(15-19)27-4;/h6-11,15-16,20,31-32H,12-14H2,1-3,5H3,(H,28,33);/t20-;/m1./s1. The Hall–Kier alpha value is -2.27. The molecule has 1 heterocycles. The number of nitrogens with zero attached hydrogens (tertiary/aromatic N) is 3. The SMILES string of the molecule is [C-]#[N+]c1cc(C(=O)N[C@H](CCO)Cc2ccc(-c3cn(C)c(C(C)(C)C)n3)cc2)ccc1O.[Pr]. The van der Waals surface area contributed by atoms with Crippen molar-refractivity contribution in [1.29, 1.82) is 0 Å². The first-order valence-electron chi connectivity index (χ1n) is 10.9. The minimum atomic E-state index is -0.349. The summed E-state index contributed by atoms with van der Waals surface area (Å²) in [6.07, 6.45) is 2.98. The summed E-state index contributed by atoms with van der Waals surface area (Å²) >= 11 is 0. The van der Waals surface area contributed by atoms with E-state index in [1.165, 1.54) is 18.2 Å². The number of aliphatic hydroxyl groups is 1. The van der Waals surface area contributed by atoms with Crippen molar-refractivity contribution in [2.75, 3.05) is 6.61 Å². The van der Waals surface area contributed by atoms with Crippen molar-refractivity contribution in [3.8, 4) is 17.0 Å². The minimum absolute atomic E-state index is 0. The molecule has 3 N–H and O–H groups in total. The second kappa shape index (κ2) is 11.9. The molecule has 175 valence electrons. The fraction of sp³-hybridized carbons (Fsp3) is 0.346. The maximum atomic E-state index is 12.7. The summed E-state index contributed by atoms with van der Waals surface area (Å²) in [4.78, 5) is 20.7. The molecule has 0 aliphatic heterocycles. The van der Waals surface area contributed by atoms with Gasteiger partial charge in [-0.1, -0.05) is 45.0 Å². The zero-order chi connectivity index (χ0) is 24.2. The number of rotatable bonds is 7. The average molecular weight is 587 g/mol. The molecule has 2 aromatic carbocycles. The van der Waals surface area contributed by atoms with Crippen molar-refractivity contribution in [3.63, 3.8) is 0 Å². The van der Waals surface area contributed by atoms with Gasteiger partial charge in [-0.05, 0) is 36.6 Å². The number of nitrogens with one attached hydrogen (secondary N) is 1. The van der Waals surface area contributed by atoms with Gasteiger partial charge in [0.25, 0.3) is 0 Å². The second-order valence-corrected chi connectivity index (χ2v) is 9.21. The maximum absolute atomic E-state index is 12.7. The average Bonchev–Trinajstić information content (AvgIpc) is 3.17. The normalized spacial score (nSPS) is 11.9. The van der Waals surface area contributed by atoms with Crippen LogP contribution in [0, 0.1) is 47.9 Å². The van der Waals surface area contributed by atoms with Crippen LogP contribution in [0.1, 0.15) is 48.9 Å². The number of amides is 1. The Kier molecular flexibility index (Phi) is 9.81. The number of aryl methyl sites for hydroxylation is 1. The first kappa shape index (κ1) is 28.0. The van der Waals surface area contributed by atoms with Gasteiger partial charge in [0, 0.05) is 83.7 Å². The molecule has 34 heavy (non-hydrogen) atoms. The summed E-state index contributed by atoms with van der Waals surface area (Å²) in [5.41, 5.74) is 3.23. The Morgan fingerprint density at radius 3 is 2.44 bits per heavy atom. The van der Waals surface area contributed by atoms with Gasteiger partial charge in [-0.15, -0.1) is 0 Å². The number of phenolic OH excluding ortho intramolecular Hbond substituents is 1. The third-order valence-corrected chi connectivity index (χ3v) is 5.45. The molecule has 3 aromatic rings. The van der Waals surface area contributed by atoms with Gasteiger partial charge in [-0.25, -0.2) is 9.83 Å². The first-order valence-corrected chi connectivity index (χ1v) is 10.9. The van der Waals surface area contributed by atoms with Crippen LogP contribution in [0.5, 0.6) is 5.75 Å². The largest absolute Gasteiger partial charge is 0.519 e. The molecule has 0 bridgehead atoms. The van der Waals surface area contributed by atoms with Gasteiger partial charge in [0.15, 0.2) is 0 Å². The van der Waals surface area contributed by atoms with Gasteiger partial charge in [0.1, 0.15) is 11.6 Å². The molecule has 8 heteroatoms. The summed E-state index contributed by atoms with van der Waals surface area (Å²) < 4.78 is 2.05. The van der Waals surface area contributed by atoms with E-state index in [9.17, 15) is 15.0 Å². The van der Waals surface area contributed by atoms with Crippen LogP contribution in [-0.4, -0.2) is 38.3 Å². The van der Waals surface area contributed by atoms with Crippen molar-refractivity contribution in [3.05, 3.63) is 77.0 Å². The number of aromatic hydroxyl groups is 1. The van der Waals surface area contributed by atoms with E-state index in [0.717, 1.165) is 22.6 Å². The van der Waals surface area contributed by atoms with Crippen molar-refractivity contribution in [2.24, 2.45) is 7.05 Å². The smallest absolute Gasteiger partial charge is 0.250 e. The molecule has 1 aromatic heterocycles. The summed E-state index contributed by atoms with van der Waals surface area (Å²) in [7, 11) is 2.00. The predicted molar refractivity (Wildman–Crippen MR) is 128 cm³/mol. The molecule has 3 rings (SSSR count). The molecule has 0 aliphatic carbocycles. The molecule has 0 saturated heterocycles. The molecule has 1 radical (unpaired) electrons. The van der Waals surface area contributed by atoms with Crippen LogP contribution < -0.4 is 5.32 Å². The van der Waals surface area contributed by atoms with Crippen molar-refractivity contribution >= 4 is 11.6 Å². The Balaban J connectivity index is 0.00000408. The zero-order valence-electron chi connectivity index (χ0n) is 20.0. The molecule has 0 unspecified atom stereocenters. The molecule has 7 nitrogen and oxygen atoms in total. The Morgan fingerprint density at radius 1 is 1.21 bits per heavy atom. The van der Waals surface area contributed by atoms with Gasteiger partial charge in [-0.2, -0.15) is 0 Å². The number of carbonyl (C=O) groups is 1. The Bertz CT molecular complexity index is 1170. The Morgan fingerprint density at radius 2 is 1.88 bits per heavy atom. The van der Waals surface area contributed by atoms with E-state index in [2.05, 4.69) is 35.5 Å². The number of hydrogen-bond acceptors (Lipinski definition) is 4. The topological polar surface area (TPSA) is 91.7 Å². The molecule has 0 spiro atoms. The van der Waals surface area contributed by atoms with E-state index in [1.807, 2.05) is 37.5 Å². The van der Waals surface area contributed by atoms with E-state index in [0.29, 0.717) is 18.4 Å². The van der Waals surface area contributed by atoms with Crippen LogP contribution in [0.15, 0.2) is 48.7 Å². The maximum Gasteiger partial charge on any atom is 0.250 e. The molecule has 0 aliphatic rings. The number of carbonyl (C=O) groups excluding carboxylic acids is 1. The number of benzene rings is 2. The molecular formula is C26H30N4O3Pr. The van der Waals surface area contributed by atoms with E-state index in [1.54, 1.807) is 0 Å². The van der Waals surface area contributed by atoms with Crippen LogP contribution in [0.3, 0.4) is 0 Å². The van der Waals surface area contributed by atoms with Crippen LogP contribution in [-0.2, 0) is 18.9 Å². The zero-order valence-corrected chi connectivity index (χ0v) is 23.7. The monoisotopic (exact) mass is 587 g/mol. The molecule has 0 saturated carbocycles. The summed E-state index contributed by atoms with van der Waals surface area (Å²) in [5, 5.41) is 22.1. The Labute approximate surface area is 234 Å². The second-order valence-electron chi connectivity index (χ2n) is 9.21. The summed E-state index contributed by atoms with van der Waals surface area (Å²) in [5.74, 6) is 0.511. The van der Waals surface area contributed by atoms with Gasteiger partial charge < -0.3 is 20.1 Å². The number of aromatic nitrogens is 2. The van der Waals surface area contributed by atoms with E-state index >= 15 is 0 Å². The fourth-order valence-electron chi connectivity index (χ4n) is 3.80. The van der Waals surface area contributed by atoms with Crippen LogP contribution >= 0.6 is 0 Å². The van der Waals surface area contributed by atoms with Crippen molar-refractivity contribution in [1.82, 2.24) is 14.9 Å². The summed E-state index contributed by atoms with van der Waals surface area (Å²) in [6.45, 7) is 13.4. The molecule has 0 fully saturated rings. The van der Waals surface area contributed by atoms with Gasteiger partial charge in [0.2, 0.25) is 11.6 Å². The minimum Gasteiger partial charge on any atom is -0.519 e. The molecule has 1 atom stereocenters. The van der Waals surface area contributed by atoms with Crippen LogP contribution in [0.25, 0.3) is 16.1 Å². The van der Waals surface area contributed by atoms with Crippen molar-refractivity contribution in [2.45, 2.75) is 45.1 Å². The van der Waals surface area contributed by atoms with Crippen LogP contribution in [0.2, 0.25) is 0 Å². The van der Waals surface area contributed by atoms with E-state index in [-0.39, 0.29) is 76.7 Å². The van der Waals surface area contributed by atoms with Gasteiger partial charge in [0.05, 0.1) is 12.3 Å². The van der Waals surface area contributed by atoms with Crippen LogP contribution in [0.4, 0.5) is 5.69 Å².